The van der Waals surface area contributed by atoms with Gasteiger partial charge in [-0.3, -0.25) is 9.59 Å². The minimum atomic E-state index is -0.137. The first kappa shape index (κ1) is 16.1. The van der Waals surface area contributed by atoms with E-state index in [0.29, 0.717) is 0 Å². The van der Waals surface area contributed by atoms with E-state index >= 15 is 0 Å². The molecule has 0 aliphatic carbocycles. The zero-order valence-corrected chi connectivity index (χ0v) is 13.2. The molecule has 2 amide bonds. The number of aromatic nitrogens is 1. The van der Waals surface area contributed by atoms with Gasteiger partial charge in [0.1, 0.15) is 0 Å². The molecular weight excluding hydrogens is 278 g/mol. The van der Waals surface area contributed by atoms with Crippen molar-refractivity contribution in [3.05, 3.63) is 36.0 Å². The molecule has 2 rings (SSSR count). The summed E-state index contributed by atoms with van der Waals surface area (Å²) in [5, 5.41) is 3.74. The average molecular weight is 301 g/mol. The Labute approximate surface area is 130 Å². The van der Waals surface area contributed by atoms with Crippen LogP contribution >= 0.6 is 0 Å². The van der Waals surface area contributed by atoms with Crippen LogP contribution in [0.4, 0.5) is 0 Å². The number of nitrogens with zero attached hydrogens (tertiary/aromatic N) is 1. The third-order valence-electron chi connectivity index (χ3n) is 3.74. The van der Waals surface area contributed by atoms with Gasteiger partial charge in [0.15, 0.2) is 0 Å². The van der Waals surface area contributed by atoms with Crippen LogP contribution in [0.2, 0.25) is 0 Å². The fraction of sp³-hybridized carbons (Fsp3) is 0.412. The molecule has 22 heavy (non-hydrogen) atoms. The van der Waals surface area contributed by atoms with Crippen molar-refractivity contribution in [2.24, 2.45) is 0 Å². The Bertz CT molecular complexity index is 648. The molecule has 5 heteroatoms. The molecular formula is C17H23N3O2. The Morgan fingerprint density at radius 3 is 2.82 bits per heavy atom. The molecule has 0 radical (unpaired) electrons. The molecule has 0 saturated carbocycles. The first-order valence-electron chi connectivity index (χ1n) is 7.67. The number of para-hydroxylation sites is 1. The summed E-state index contributed by atoms with van der Waals surface area (Å²) in [5.41, 5.74) is 1.96. The number of rotatable bonds is 7. The molecule has 0 saturated heterocycles. The van der Waals surface area contributed by atoms with Gasteiger partial charge in [-0.2, -0.15) is 0 Å². The molecule has 0 atom stereocenters. The molecule has 1 aromatic carbocycles. The van der Waals surface area contributed by atoms with E-state index < -0.39 is 0 Å². The van der Waals surface area contributed by atoms with Gasteiger partial charge >= 0.3 is 0 Å². The van der Waals surface area contributed by atoms with E-state index in [9.17, 15) is 9.59 Å². The van der Waals surface area contributed by atoms with Gasteiger partial charge in [0, 0.05) is 30.7 Å². The minimum absolute atomic E-state index is 0.0549. The number of benzene rings is 1. The minimum Gasteiger partial charge on any atom is -0.361 e. The third-order valence-corrected chi connectivity index (χ3v) is 3.74. The van der Waals surface area contributed by atoms with Gasteiger partial charge in [-0.05, 0) is 18.1 Å². The van der Waals surface area contributed by atoms with Crippen LogP contribution in [0.3, 0.4) is 0 Å². The van der Waals surface area contributed by atoms with Crippen LogP contribution in [0, 0.1) is 0 Å². The van der Waals surface area contributed by atoms with Gasteiger partial charge in [-0.15, -0.1) is 0 Å². The number of amides is 2. The molecule has 1 heterocycles. The fourth-order valence-electron chi connectivity index (χ4n) is 2.34. The largest absolute Gasteiger partial charge is 0.361 e. The summed E-state index contributed by atoms with van der Waals surface area (Å²) in [6.07, 6.45) is 4.14. The van der Waals surface area contributed by atoms with Gasteiger partial charge in [0.25, 0.3) is 0 Å². The first-order chi connectivity index (χ1) is 10.6. The Morgan fingerprint density at radius 2 is 2.05 bits per heavy atom. The maximum atomic E-state index is 12.0. The molecule has 0 unspecified atom stereocenters. The maximum Gasteiger partial charge on any atom is 0.241 e. The number of likely N-dealkylation sites (N-methyl/N-ethyl adjacent to an activating group) is 1. The zero-order valence-electron chi connectivity index (χ0n) is 13.2. The number of carbonyl (C=O) groups is 2. The topological polar surface area (TPSA) is 65.2 Å². The molecule has 2 aromatic rings. The lowest BCUT2D eigenvalue weighted by Crippen LogP contribution is -2.39. The normalized spacial score (nSPS) is 10.6. The Hall–Kier alpha value is -2.30. The predicted octanol–water partition coefficient (Wildman–Crippen LogP) is 2.09. The van der Waals surface area contributed by atoms with Gasteiger partial charge in [0.05, 0.1) is 13.0 Å². The lowest BCUT2D eigenvalue weighted by Gasteiger charge is -2.16. The molecule has 0 aliphatic heterocycles. The third kappa shape index (κ3) is 4.10. The lowest BCUT2D eigenvalue weighted by atomic mass is 10.1. The highest BCUT2D eigenvalue weighted by atomic mass is 16.2. The molecule has 0 bridgehead atoms. The zero-order chi connectivity index (χ0) is 15.9. The quantitative estimate of drug-likeness (QED) is 0.822. The van der Waals surface area contributed by atoms with E-state index in [1.54, 1.807) is 11.9 Å². The Balaban J connectivity index is 1.84. The first-order valence-corrected chi connectivity index (χ1v) is 7.67. The number of fused-ring (bicyclic) bond motifs is 1. The van der Waals surface area contributed by atoms with Gasteiger partial charge < -0.3 is 15.2 Å². The number of unbranched alkanes of at least 4 members (excludes halogenated alkanes) is 1. The molecule has 0 spiro atoms. The number of hydrogen-bond acceptors (Lipinski definition) is 2. The van der Waals surface area contributed by atoms with Gasteiger partial charge in [-0.1, -0.05) is 31.5 Å². The summed E-state index contributed by atoms with van der Waals surface area (Å²) in [6, 6.07) is 7.86. The van der Waals surface area contributed by atoms with Gasteiger partial charge in [0.2, 0.25) is 11.8 Å². The molecule has 5 nitrogen and oxygen atoms in total. The van der Waals surface area contributed by atoms with Crippen molar-refractivity contribution in [2.45, 2.75) is 26.2 Å². The number of hydrogen-bond donors (Lipinski definition) is 2. The molecule has 2 N–H and O–H groups in total. The summed E-state index contributed by atoms with van der Waals surface area (Å²) in [6.45, 7) is 2.87. The molecule has 1 aromatic heterocycles. The van der Waals surface area contributed by atoms with Crippen molar-refractivity contribution in [2.75, 3.05) is 20.1 Å². The molecule has 0 aliphatic rings. The van der Waals surface area contributed by atoms with E-state index in [2.05, 4.69) is 17.2 Å². The molecule has 0 fully saturated rings. The van der Waals surface area contributed by atoms with Crippen molar-refractivity contribution >= 4 is 22.7 Å². The Morgan fingerprint density at radius 1 is 1.27 bits per heavy atom. The Kier molecular flexibility index (Phi) is 5.58. The van der Waals surface area contributed by atoms with Crippen LogP contribution in [-0.4, -0.2) is 41.8 Å². The smallest absolute Gasteiger partial charge is 0.241 e. The SMILES string of the molecule is CCCCN(C)C(=O)CNC(=O)Cc1c[nH]c2ccccc12. The number of aromatic amines is 1. The second kappa shape index (κ2) is 7.64. The van der Waals surface area contributed by atoms with E-state index in [4.69, 9.17) is 0 Å². The summed E-state index contributed by atoms with van der Waals surface area (Å²) in [5.74, 6) is -0.192. The van der Waals surface area contributed by atoms with Crippen molar-refractivity contribution in [1.82, 2.24) is 15.2 Å². The van der Waals surface area contributed by atoms with Crippen LogP contribution in [0.25, 0.3) is 10.9 Å². The average Bonchev–Trinajstić information content (AvgIpc) is 2.93. The summed E-state index contributed by atoms with van der Waals surface area (Å²) >= 11 is 0. The summed E-state index contributed by atoms with van der Waals surface area (Å²) in [7, 11) is 1.77. The van der Waals surface area contributed by atoms with Gasteiger partial charge in [-0.25, -0.2) is 0 Å². The van der Waals surface area contributed by atoms with Crippen molar-refractivity contribution < 1.29 is 9.59 Å². The lowest BCUT2D eigenvalue weighted by molar-refractivity contribution is -0.131. The van der Waals surface area contributed by atoms with Crippen molar-refractivity contribution in [1.29, 1.82) is 0 Å². The highest BCUT2D eigenvalue weighted by molar-refractivity contribution is 5.90. The number of carbonyl (C=O) groups excluding carboxylic acids is 2. The van der Waals surface area contributed by atoms with Crippen LogP contribution in [0.15, 0.2) is 30.5 Å². The summed E-state index contributed by atoms with van der Waals surface area (Å²) in [4.78, 5) is 28.7. The predicted molar refractivity (Wildman–Crippen MR) is 87.6 cm³/mol. The maximum absolute atomic E-state index is 12.0. The van der Waals surface area contributed by atoms with Crippen LogP contribution in [0.1, 0.15) is 25.3 Å². The monoisotopic (exact) mass is 301 g/mol. The van der Waals surface area contributed by atoms with E-state index in [1.165, 1.54) is 0 Å². The number of nitrogens with one attached hydrogen (secondary N) is 2. The van der Waals surface area contributed by atoms with E-state index in [1.807, 2.05) is 30.5 Å². The van der Waals surface area contributed by atoms with Crippen LogP contribution < -0.4 is 5.32 Å². The highest BCUT2D eigenvalue weighted by Gasteiger charge is 2.12. The standard InChI is InChI=1S/C17H23N3O2/c1-3-4-9-20(2)17(22)12-19-16(21)10-13-11-18-15-8-6-5-7-14(13)15/h5-8,11,18H,3-4,9-10,12H2,1-2H3,(H,19,21). The second-order valence-electron chi connectivity index (χ2n) is 5.48. The van der Waals surface area contributed by atoms with Crippen molar-refractivity contribution in [3.63, 3.8) is 0 Å². The molecule has 118 valence electrons. The summed E-state index contributed by atoms with van der Waals surface area (Å²) < 4.78 is 0. The van der Waals surface area contributed by atoms with Crippen LogP contribution in [-0.2, 0) is 16.0 Å². The van der Waals surface area contributed by atoms with Crippen LogP contribution in [0.5, 0.6) is 0 Å². The van der Waals surface area contributed by atoms with E-state index in [-0.39, 0.29) is 24.8 Å². The van der Waals surface area contributed by atoms with Crippen molar-refractivity contribution in [3.8, 4) is 0 Å². The second-order valence-corrected chi connectivity index (χ2v) is 5.48. The van der Waals surface area contributed by atoms with E-state index in [0.717, 1.165) is 35.9 Å². The fourth-order valence-corrected chi connectivity index (χ4v) is 2.34. The highest BCUT2D eigenvalue weighted by Crippen LogP contribution is 2.17. The number of H-pyrrole nitrogens is 1.